The highest BCUT2D eigenvalue weighted by molar-refractivity contribution is 6.08. The third-order valence-corrected chi connectivity index (χ3v) is 4.07. The highest BCUT2D eigenvalue weighted by atomic mass is 16.5. The molecule has 1 unspecified atom stereocenters. The molecule has 4 rings (SSSR count). The van der Waals surface area contributed by atoms with Gasteiger partial charge in [0.05, 0.1) is 30.3 Å². The molecule has 22 heavy (non-hydrogen) atoms. The minimum Gasteiger partial charge on any atom is -0.492 e. The fourth-order valence-corrected chi connectivity index (χ4v) is 2.95. The number of hydrazone groups is 1. The maximum atomic E-state index is 12.5. The van der Waals surface area contributed by atoms with E-state index in [0.717, 1.165) is 22.6 Å². The van der Waals surface area contributed by atoms with Crippen LogP contribution in [0.5, 0.6) is 5.75 Å². The largest absolute Gasteiger partial charge is 0.492 e. The molecule has 110 valence electrons. The van der Waals surface area contributed by atoms with Crippen LogP contribution in [0.25, 0.3) is 0 Å². The van der Waals surface area contributed by atoms with Gasteiger partial charge in [-0.25, -0.2) is 5.01 Å². The molecule has 1 aromatic heterocycles. The van der Waals surface area contributed by atoms with E-state index in [4.69, 9.17) is 4.74 Å². The summed E-state index contributed by atoms with van der Waals surface area (Å²) < 4.78 is 5.87. The number of benzene rings is 1. The average Bonchev–Trinajstić information content (AvgIpc) is 3.00. The molecule has 0 fully saturated rings. The normalized spacial score (nSPS) is 19.0. The molecule has 0 bridgehead atoms. The molecule has 0 saturated heterocycles. The van der Waals surface area contributed by atoms with Crippen molar-refractivity contribution in [1.82, 2.24) is 9.99 Å². The Morgan fingerprint density at radius 3 is 3.05 bits per heavy atom. The number of carbonyl (C=O) groups excluding carboxylic acids is 1. The summed E-state index contributed by atoms with van der Waals surface area (Å²) in [7, 11) is 0. The predicted octanol–water partition coefficient (Wildman–Crippen LogP) is 2.26. The van der Waals surface area contributed by atoms with Gasteiger partial charge in [0.15, 0.2) is 0 Å². The second kappa shape index (κ2) is 4.94. The lowest BCUT2D eigenvalue weighted by molar-refractivity contribution is 0.0760. The number of aromatic nitrogens is 1. The van der Waals surface area contributed by atoms with Crippen LogP contribution in [0.3, 0.4) is 0 Å². The van der Waals surface area contributed by atoms with Gasteiger partial charge in [0, 0.05) is 18.0 Å². The van der Waals surface area contributed by atoms with Crippen molar-refractivity contribution < 1.29 is 9.53 Å². The van der Waals surface area contributed by atoms with Crippen LogP contribution in [-0.2, 0) is 0 Å². The lowest BCUT2D eigenvalue weighted by Gasteiger charge is -2.23. The Morgan fingerprint density at radius 1 is 1.32 bits per heavy atom. The minimum atomic E-state index is -0.121. The van der Waals surface area contributed by atoms with E-state index in [1.165, 1.54) is 5.01 Å². The number of ether oxygens (including phenoxy) is 1. The predicted molar refractivity (Wildman–Crippen MR) is 82.0 cm³/mol. The Kier molecular flexibility index (Phi) is 2.92. The van der Waals surface area contributed by atoms with E-state index in [-0.39, 0.29) is 11.8 Å². The molecule has 0 aliphatic carbocycles. The zero-order chi connectivity index (χ0) is 15.1. The smallest absolute Gasteiger partial charge is 0.275 e. The van der Waals surface area contributed by atoms with Crippen molar-refractivity contribution in [1.29, 1.82) is 0 Å². The number of para-hydroxylation sites is 1. The molecule has 5 nitrogen and oxygen atoms in total. The molecule has 0 radical (unpaired) electrons. The Balaban J connectivity index is 1.70. The summed E-state index contributed by atoms with van der Waals surface area (Å²) in [6.07, 6.45) is 3.22. The van der Waals surface area contributed by atoms with Gasteiger partial charge in [-0.3, -0.25) is 9.78 Å². The summed E-state index contributed by atoms with van der Waals surface area (Å²) in [6.45, 7) is 3.14. The fraction of sp³-hybridized carbons (Fsp3) is 0.235. The summed E-state index contributed by atoms with van der Waals surface area (Å²) in [5.41, 5.74) is 3.59. The standard InChI is InChI=1S/C17H15N3O2/c1-11-4-2-6-14-15-13(10-22-16(11)14)9-20(19-15)17(21)12-5-3-7-18-8-12/h2-8,13H,9-10H2,1H3. The summed E-state index contributed by atoms with van der Waals surface area (Å²) >= 11 is 0. The summed E-state index contributed by atoms with van der Waals surface area (Å²) in [6, 6.07) is 9.53. The number of amides is 1. The van der Waals surface area contributed by atoms with Crippen molar-refractivity contribution in [3.8, 4) is 5.75 Å². The Hall–Kier alpha value is -2.69. The van der Waals surface area contributed by atoms with Crippen LogP contribution in [0.1, 0.15) is 21.5 Å². The SMILES string of the molecule is Cc1cccc2c1OCC1CN(C(=O)c3cccnc3)N=C21. The number of fused-ring (bicyclic) bond motifs is 3. The van der Waals surface area contributed by atoms with E-state index in [1.807, 2.05) is 25.1 Å². The summed E-state index contributed by atoms with van der Waals surface area (Å²) in [5, 5.41) is 6.09. The Labute approximate surface area is 128 Å². The second-order valence-corrected chi connectivity index (χ2v) is 5.57. The maximum Gasteiger partial charge on any atom is 0.275 e. The van der Waals surface area contributed by atoms with Gasteiger partial charge in [0.25, 0.3) is 5.91 Å². The van der Waals surface area contributed by atoms with Gasteiger partial charge in [0.2, 0.25) is 0 Å². The Bertz CT molecular complexity index is 771. The highest BCUT2D eigenvalue weighted by Crippen LogP contribution is 2.34. The molecule has 1 amide bonds. The maximum absolute atomic E-state index is 12.5. The molecule has 2 aliphatic rings. The molecule has 2 aromatic rings. The molecular weight excluding hydrogens is 278 g/mol. The van der Waals surface area contributed by atoms with Gasteiger partial charge in [0.1, 0.15) is 5.75 Å². The van der Waals surface area contributed by atoms with Crippen LogP contribution in [0.15, 0.2) is 47.8 Å². The van der Waals surface area contributed by atoms with E-state index in [0.29, 0.717) is 18.7 Å². The monoisotopic (exact) mass is 293 g/mol. The quantitative estimate of drug-likeness (QED) is 0.810. The van der Waals surface area contributed by atoms with Crippen LogP contribution in [-0.4, -0.2) is 34.8 Å². The van der Waals surface area contributed by atoms with Crippen molar-refractivity contribution in [3.05, 3.63) is 59.4 Å². The van der Waals surface area contributed by atoms with Gasteiger partial charge in [-0.2, -0.15) is 5.10 Å². The number of pyridine rings is 1. The fourth-order valence-electron chi connectivity index (χ4n) is 2.95. The third kappa shape index (κ3) is 1.97. The summed E-state index contributed by atoms with van der Waals surface area (Å²) in [5.74, 6) is 0.896. The van der Waals surface area contributed by atoms with Crippen molar-refractivity contribution >= 4 is 11.6 Å². The first-order chi connectivity index (χ1) is 10.7. The van der Waals surface area contributed by atoms with Crippen LogP contribution in [0.2, 0.25) is 0 Å². The van der Waals surface area contributed by atoms with Crippen molar-refractivity contribution in [3.63, 3.8) is 0 Å². The highest BCUT2D eigenvalue weighted by Gasteiger charge is 2.36. The Morgan fingerprint density at radius 2 is 2.23 bits per heavy atom. The van der Waals surface area contributed by atoms with Crippen LogP contribution >= 0.6 is 0 Å². The molecule has 3 heterocycles. The molecule has 0 saturated carbocycles. The number of hydrogen-bond donors (Lipinski definition) is 0. The van der Waals surface area contributed by atoms with Gasteiger partial charge in [-0.1, -0.05) is 12.1 Å². The van der Waals surface area contributed by atoms with Gasteiger partial charge in [-0.05, 0) is 30.7 Å². The van der Waals surface area contributed by atoms with E-state index in [9.17, 15) is 4.79 Å². The number of nitrogens with zero attached hydrogens (tertiary/aromatic N) is 3. The number of hydrogen-bond acceptors (Lipinski definition) is 4. The van der Waals surface area contributed by atoms with Gasteiger partial charge in [-0.15, -0.1) is 0 Å². The van der Waals surface area contributed by atoms with E-state index in [1.54, 1.807) is 24.5 Å². The van der Waals surface area contributed by atoms with E-state index < -0.39 is 0 Å². The molecule has 1 aromatic carbocycles. The van der Waals surface area contributed by atoms with E-state index >= 15 is 0 Å². The first-order valence-corrected chi connectivity index (χ1v) is 7.27. The zero-order valence-corrected chi connectivity index (χ0v) is 12.2. The van der Waals surface area contributed by atoms with E-state index in [2.05, 4.69) is 10.1 Å². The lowest BCUT2D eigenvalue weighted by Crippen LogP contribution is -2.31. The third-order valence-electron chi connectivity index (χ3n) is 4.07. The van der Waals surface area contributed by atoms with Crippen molar-refractivity contribution in [2.24, 2.45) is 11.0 Å². The molecule has 0 spiro atoms. The number of carbonyl (C=O) groups is 1. The van der Waals surface area contributed by atoms with Gasteiger partial charge >= 0.3 is 0 Å². The molecule has 2 aliphatic heterocycles. The van der Waals surface area contributed by atoms with Crippen LogP contribution in [0, 0.1) is 12.8 Å². The van der Waals surface area contributed by atoms with Gasteiger partial charge < -0.3 is 4.74 Å². The summed E-state index contributed by atoms with van der Waals surface area (Å²) in [4.78, 5) is 16.5. The second-order valence-electron chi connectivity index (χ2n) is 5.57. The van der Waals surface area contributed by atoms with Crippen molar-refractivity contribution in [2.75, 3.05) is 13.2 Å². The molecular formula is C17H15N3O2. The van der Waals surface area contributed by atoms with Crippen molar-refractivity contribution in [2.45, 2.75) is 6.92 Å². The van der Waals surface area contributed by atoms with Crippen LogP contribution < -0.4 is 4.74 Å². The van der Waals surface area contributed by atoms with Crippen LogP contribution in [0.4, 0.5) is 0 Å². The lowest BCUT2D eigenvalue weighted by atomic mass is 9.93. The average molecular weight is 293 g/mol. The number of rotatable bonds is 1. The molecule has 0 N–H and O–H groups in total. The topological polar surface area (TPSA) is 54.8 Å². The first-order valence-electron chi connectivity index (χ1n) is 7.27. The molecule has 1 atom stereocenters. The zero-order valence-electron chi connectivity index (χ0n) is 12.2. The first kappa shape index (κ1) is 13.0. The number of aryl methyl sites for hydroxylation is 1. The molecule has 5 heteroatoms. The minimum absolute atomic E-state index is 0.121.